The molecule has 1 aliphatic heterocycles. The molecule has 0 bridgehead atoms. The van der Waals surface area contributed by atoms with Gasteiger partial charge in [0.05, 0.1) is 19.0 Å². The molecule has 2 aromatic rings. The van der Waals surface area contributed by atoms with E-state index in [-0.39, 0.29) is 11.8 Å². The van der Waals surface area contributed by atoms with Crippen LogP contribution in [0, 0.1) is 0 Å². The highest BCUT2D eigenvalue weighted by Gasteiger charge is 2.44. The van der Waals surface area contributed by atoms with Crippen molar-refractivity contribution in [3.63, 3.8) is 0 Å². The van der Waals surface area contributed by atoms with Gasteiger partial charge in [0.25, 0.3) is 0 Å². The van der Waals surface area contributed by atoms with Gasteiger partial charge in [0.15, 0.2) is 17.7 Å². The van der Waals surface area contributed by atoms with Crippen molar-refractivity contribution < 1.29 is 19.9 Å². The predicted molar refractivity (Wildman–Crippen MR) is 79.5 cm³/mol. The summed E-state index contributed by atoms with van der Waals surface area (Å²) in [6.07, 6.45) is -0.439. The molecule has 3 rings (SSSR count). The fraction of sp³-hybridized carbons (Fsp3) is 0.500. The fourth-order valence-corrected chi connectivity index (χ4v) is 2.61. The number of fused-ring (bicyclic) bond motifs is 1. The van der Waals surface area contributed by atoms with Gasteiger partial charge in [0, 0.05) is 6.42 Å². The first-order valence-electron chi connectivity index (χ1n) is 7.05. The Labute approximate surface area is 130 Å². The van der Waals surface area contributed by atoms with Gasteiger partial charge in [-0.3, -0.25) is 21.0 Å². The third-order valence-corrected chi connectivity index (χ3v) is 3.76. The molecule has 0 radical (unpaired) electrons. The number of guanidine groups is 1. The smallest absolute Gasteiger partial charge is 0.338 e. The number of imidazole rings is 1. The molecule has 0 spiro atoms. The van der Waals surface area contributed by atoms with E-state index in [0.717, 1.165) is 0 Å². The molecule has 3 heterocycles. The number of hydrogen-bond donors (Lipinski definition) is 6. The lowest BCUT2D eigenvalue weighted by molar-refractivity contribution is -0.462. The number of aromatic nitrogens is 4. The van der Waals surface area contributed by atoms with Crippen molar-refractivity contribution >= 4 is 22.9 Å². The third-order valence-electron chi connectivity index (χ3n) is 3.76. The minimum atomic E-state index is -1.13. The van der Waals surface area contributed by atoms with Gasteiger partial charge in [0.1, 0.15) is 24.1 Å². The first-order valence-corrected chi connectivity index (χ1v) is 7.05. The van der Waals surface area contributed by atoms with Crippen LogP contribution in [-0.2, 0) is 4.74 Å². The molecule has 11 heteroatoms. The molecule has 23 heavy (non-hydrogen) atoms. The van der Waals surface area contributed by atoms with E-state index < -0.39 is 24.5 Å². The SMILES string of the molecule is NC(N)=[NH+]CC[C@H]1O[C@@H](n2cnc3c(N)ncnc32)[C@H](O)[C@@H]1O. The van der Waals surface area contributed by atoms with Gasteiger partial charge in [0.2, 0.25) is 0 Å². The Balaban J connectivity index is 1.82. The average Bonchev–Trinajstić information content (AvgIpc) is 3.04. The minimum absolute atomic E-state index is 0.0855. The number of anilines is 1. The Kier molecular flexibility index (Phi) is 3.98. The number of nitrogens with two attached hydrogens (primary N) is 3. The number of nitrogen functional groups attached to an aromatic ring is 1. The maximum atomic E-state index is 10.3. The van der Waals surface area contributed by atoms with Crippen molar-refractivity contribution in [2.45, 2.75) is 31.0 Å². The van der Waals surface area contributed by atoms with Crippen LogP contribution in [0.5, 0.6) is 0 Å². The van der Waals surface area contributed by atoms with Crippen LogP contribution in [0.3, 0.4) is 0 Å². The summed E-state index contributed by atoms with van der Waals surface area (Å²) >= 11 is 0. The summed E-state index contributed by atoms with van der Waals surface area (Å²) in [4.78, 5) is 14.8. The second kappa shape index (κ2) is 5.95. The fourth-order valence-electron chi connectivity index (χ4n) is 2.61. The summed E-state index contributed by atoms with van der Waals surface area (Å²) in [5.41, 5.74) is 17.2. The minimum Gasteiger partial charge on any atom is -0.388 e. The highest BCUT2D eigenvalue weighted by Crippen LogP contribution is 2.32. The molecule has 1 fully saturated rings. The van der Waals surface area contributed by atoms with Crippen LogP contribution < -0.4 is 22.2 Å². The summed E-state index contributed by atoms with van der Waals surface area (Å²) in [5.74, 6) is 0.318. The molecule has 1 saturated heterocycles. The zero-order valence-corrected chi connectivity index (χ0v) is 12.2. The highest BCUT2D eigenvalue weighted by atomic mass is 16.6. The van der Waals surface area contributed by atoms with E-state index in [0.29, 0.717) is 24.1 Å². The lowest BCUT2D eigenvalue weighted by atomic mass is 10.1. The van der Waals surface area contributed by atoms with Crippen LogP contribution in [-0.4, -0.2) is 60.5 Å². The largest absolute Gasteiger partial charge is 0.388 e. The molecule has 0 aromatic carbocycles. The summed E-state index contributed by atoms with van der Waals surface area (Å²) in [6, 6.07) is 0. The second-order valence-electron chi connectivity index (χ2n) is 5.30. The molecule has 1 aliphatic rings. The Bertz CT molecular complexity index is 728. The van der Waals surface area contributed by atoms with Crippen LogP contribution in [0.15, 0.2) is 12.7 Å². The van der Waals surface area contributed by atoms with Crippen LogP contribution >= 0.6 is 0 Å². The molecule has 0 amide bonds. The van der Waals surface area contributed by atoms with Gasteiger partial charge in [-0.05, 0) is 0 Å². The van der Waals surface area contributed by atoms with E-state index in [1.54, 1.807) is 0 Å². The predicted octanol–water partition coefficient (Wildman–Crippen LogP) is -4.23. The van der Waals surface area contributed by atoms with E-state index in [9.17, 15) is 10.2 Å². The zero-order valence-electron chi connectivity index (χ0n) is 12.2. The van der Waals surface area contributed by atoms with E-state index in [4.69, 9.17) is 21.9 Å². The van der Waals surface area contributed by atoms with Crippen LogP contribution in [0.2, 0.25) is 0 Å². The summed E-state index contributed by atoms with van der Waals surface area (Å²) in [6.45, 7) is 0.406. The number of nitrogens with one attached hydrogen (secondary N) is 1. The van der Waals surface area contributed by atoms with Crippen molar-refractivity contribution in [1.29, 1.82) is 0 Å². The zero-order chi connectivity index (χ0) is 16.6. The number of ether oxygens (including phenoxy) is 1. The van der Waals surface area contributed by atoms with Gasteiger partial charge in [-0.2, -0.15) is 0 Å². The van der Waals surface area contributed by atoms with Crippen molar-refractivity contribution in [1.82, 2.24) is 19.5 Å². The first-order chi connectivity index (χ1) is 11.0. The van der Waals surface area contributed by atoms with E-state index in [1.165, 1.54) is 17.2 Å². The Morgan fingerprint density at radius 2 is 2.04 bits per heavy atom. The van der Waals surface area contributed by atoms with Gasteiger partial charge >= 0.3 is 5.96 Å². The maximum Gasteiger partial charge on any atom is 0.338 e. The topological polar surface area (TPSA) is 185 Å². The molecule has 124 valence electrons. The third kappa shape index (κ3) is 2.76. The number of aliphatic hydroxyl groups excluding tert-OH is 2. The second-order valence-corrected chi connectivity index (χ2v) is 5.30. The average molecular weight is 323 g/mol. The van der Waals surface area contributed by atoms with Crippen LogP contribution in [0.1, 0.15) is 12.6 Å². The molecule has 11 nitrogen and oxygen atoms in total. The molecule has 0 unspecified atom stereocenters. The summed E-state index contributed by atoms with van der Waals surface area (Å²) in [5, 5.41) is 20.4. The van der Waals surface area contributed by atoms with Gasteiger partial charge in [-0.25, -0.2) is 15.0 Å². The highest BCUT2D eigenvalue weighted by molar-refractivity contribution is 5.81. The maximum absolute atomic E-state index is 10.3. The quantitative estimate of drug-likeness (QED) is 0.239. The Hall–Kier alpha value is -2.50. The van der Waals surface area contributed by atoms with Crippen molar-refractivity contribution in [2.75, 3.05) is 12.3 Å². The molecular formula is C12H19N8O3+. The molecule has 9 N–H and O–H groups in total. The van der Waals surface area contributed by atoms with E-state index in [1.807, 2.05) is 0 Å². The van der Waals surface area contributed by atoms with Crippen LogP contribution in [0.25, 0.3) is 11.2 Å². The van der Waals surface area contributed by atoms with Crippen molar-refractivity contribution in [2.24, 2.45) is 11.5 Å². The monoisotopic (exact) mass is 323 g/mol. The van der Waals surface area contributed by atoms with Gasteiger partial charge < -0.3 is 20.7 Å². The molecule has 0 saturated carbocycles. The first kappa shape index (κ1) is 15.4. The van der Waals surface area contributed by atoms with E-state index in [2.05, 4.69) is 19.9 Å². The Morgan fingerprint density at radius 1 is 1.26 bits per heavy atom. The number of aliphatic hydroxyl groups is 2. The standard InChI is InChI=1S/C12H18N8O3/c13-9-6-10(18-3-17-9)20(4-19-6)11-8(22)7(21)5(23-11)1-2-16-12(14)15/h3-5,7-8,11,21-22H,1-2H2,(H2,13,17,18)(H4,14,15,16)/p+1/t5-,7-,8-,11-/m1/s1. The lowest BCUT2D eigenvalue weighted by Gasteiger charge is -2.16. The van der Waals surface area contributed by atoms with Crippen molar-refractivity contribution in [3.05, 3.63) is 12.7 Å². The van der Waals surface area contributed by atoms with Crippen LogP contribution in [0.4, 0.5) is 5.82 Å². The molecule has 0 aliphatic carbocycles. The van der Waals surface area contributed by atoms with Crippen molar-refractivity contribution in [3.8, 4) is 0 Å². The number of nitrogens with zero attached hydrogens (tertiary/aromatic N) is 4. The number of hydrogen-bond acceptors (Lipinski definition) is 7. The summed E-state index contributed by atoms with van der Waals surface area (Å²) < 4.78 is 7.28. The van der Waals surface area contributed by atoms with Gasteiger partial charge in [-0.1, -0.05) is 0 Å². The normalized spacial score (nSPS) is 27.4. The van der Waals surface area contributed by atoms with E-state index >= 15 is 0 Å². The van der Waals surface area contributed by atoms with Gasteiger partial charge in [-0.15, -0.1) is 0 Å². The number of rotatable bonds is 4. The summed E-state index contributed by atoms with van der Waals surface area (Å²) in [7, 11) is 0. The Morgan fingerprint density at radius 3 is 2.78 bits per heavy atom. The molecule has 4 atom stereocenters. The molecular weight excluding hydrogens is 304 g/mol. The lowest BCUT2D eigenvalue weighted by Crippen LogP contribution is -2.78. The molecule has 2 aromatic heterocycles.